The predicted octanol–water partition coefficient (Wildman–Crippen LogP) is 0.708. The third-order valence-corrected chi connectivity index (χ3v) is 3.83. The molecule has 0 saturated carbocycles. The van der Waals surface area contributed by atoms with Crippen molar-refractivity contribution < 1.29 is 22.4 Å². The van der Waals surface area contributed by atoms with Gasteiger partial charge in [0.2, 0.25) is 0 Å². The zero-order valence-corrected chi connectivity index (χ0v) is 11.3. The number of Topliss-reactive ketones (excluding diaryl/α,β-unsaturated/α-hetero) is 1. The number of carbonyl (C=O) groups excluding carboxylic acids is 2. The molecule has 0 radical (unpaired) electrons. The third kappa shape index (κ3) is 2.51. The number of hydrogen-bond donors (Lipinski definition) is 0. The van der Waals surface area contributed by atoms with Gasteiger partial charge in [0.05, 0.1) is 17.0 Å². The number of aryl methyl sites for hydroxylation is 1. The van der Waals surface area contributed by atoms with E-state index >= 15 is 0 Å². The number of anilines is 1. The van der Waals surface area contributed by atoms with Crippen LogP contribution in [0.5, 0.6) is 0 Å². The molecule has 0 fully saturated rings. The lowest BCUT2D eigenvalue weighted by Gasteiger charge is -2.17. The first-order valence-corrected chi connectivity index (χ1v) is 7.61. The van der Waals surface area contributed by atoms with E-state index in [1.807, 2.05) is 0 Å². The van der Waals surface area contributed by atoms with Crippen molar-refractivity contribution in [3.05, 3.63) is 29.1 Å². The fourth-order valence-electron chi connectivity index (χ4n) is 2.08. The van der Waals surface area contributed by atoms with Crippen LogP contribution in [0.2, 0.25) is 0 Å². The number of benzene rings is 1. The van der Waals surface area contributed by atoms with Gasteiger partial charge in [-0.05, 0) is 24.6 Å². The first-order chi connectivity index (χ1) is 8.70. The van der Waals surface area contributed by atoms with Gasteiger partial charge < -0.3 is 4.90 Å². The highest BCUT2D eigenvalue weighted by atomic mass is 32.2. The molecule has 0 N–H and O–H groups in total. The summed E-state index contributed by atoms with van der Waals surface area (Å²) < 4.78 is 35.5. The molecular weight excluding hydrogens is 273 g/mol. The Morgan fingerprint density at radius 3 is 2.47 bits per heavy atom. The first kappa shape index (κ1) is 13.7. The van der Waals surface area contributed by atoms with Crippen molar-refractivity contribution in [2.45, 2.75) is 6.92 Å². The molecule has 19 heavy (non-hydrogen) atoms. The van der Waals surface area contributed by atoms with Crippen LogP contribution >= 0.6 is 0 Å². The van der Waals surface area contributed by atoms with Crippen molar-refractivity contribution in [2.75, 3.05) is 23.5 Å². The molecule has 0 bridgehead atoms. The Bertz CT molecular complexity index is 681. The minimum atomic E-state index is -3.26. The van der Waals surface area contributed by atoms with Crippen molar-refractivity contribution in [3.63, 3.8) is 0 Å². The Labute approximate surface area is 109 Å². The lowest BCUT2D eigenvalue weighted by Crippen LogP contribution is -2.34. The van der Waals surface area contributed by atoms with E-state index in [4.69, 9.17) is 0 Å². The van der Waals surface area contributed by atoms with Gasteiger partial charge in [-0.3, -0.25) is 9.59 Å². The zero-order valence-electron chi connectivity index (χ0n) is 10.4. The highest BCUT2D eigenvalue weighted by molar-refractivity contribution is 7.90. The smallest absolute Gasteiger partial charge is 0.299 e. The average Bonchev–Trinajstić information content (AvgIpc) is 2.50. The number of sulfone groups is 1. The second-order valence-electron chi connectivity index (χ2n) is 4.53. The second kappa shape index (κ2) is 4.41. The number of nitrogens with zero attached hydrogens (tertiary/aromatic N) is 1. The van der Waals surface area contributed by atoms with Gasteiger partial charge in [-0.15, -0.1) is 0 Å². The van der Waals surface area contributed by atoms with E-state index in [-0.39, 0.29) is 17.9 Å². The van der Waals surface area contributed by atoms with Crippen molar-refractivity contribution in [1.29, 1.82) is 0 Å². The maximum absolute atomic E-state index is 13.2. The molecule has 102 valence electrons. The quantitative estimate of drug-likeness (QED) is 0.767. The molecule has 1 aliphatic rings. The van der Waals surface area contributed by atoms with Gasteiger partial charge in [0.15, 0.2) is 0 Å². The summed E-state index contributed by atoms with van der Waals surface area (Å²) in [6, 6.07) is 2.21. The molecule has 5 nitrogen and oxygen atoms in total. The molecule has 2 rings (SSSR count). The molecule has 1 aromatic rings. The van der Waals surface area contributed by atoms with Crippen LogP contribution in [0, 0.1) is 12.7 Å². The van der Waals surface area contributed by atoms with E-state index in [0.717, 1.165) is 17.2 Å². The second-order valence-corrected chi connectivity index (χ2v) is 6.79. The van der Waals surface area contributed by atoms with Crippen molar-refractivity contribution in [3.8, 4) is 0 Å². The van der Waals surface area contributed by atoms with E-state index in [1.54, 1.807) is 6.92 Å². The van der Waals surface area contributed by atoms with Crippen LogP contribution in [-0.2, 0) is 14.6 Å². The summed E-state index contributed by atoms with van der Waals surface area (Å²) in [6.07, 6.45) is 1.05. The summed E-state index contributed by atoms with van der Waals surface area (Å²) in [5.41, 5.74) is 0.735. The monoisotopic (exact) mass is 285 g/mol. The Morgan fingerprint density at radius 1 is 1.26 bits per heavy atom. The molecule has 7 heteroatoms. The third-order valence-electron chi connectivity index (χ3n) is 2.90. The molecule has 0 aromatic heterocycles. The maximum atomic E-state index is 13.2. The van der Waals surface area contributed by atoms with E-state index < -0.39 is 27.3 Å². The van der Waals surface area contributed by atoms with Gasteiger partial charge in [0.1, 0.15) is 15.7 Å². The Kier molecular flexibility index (Phi) is 3.17. The number of amides is 1. The Balaban J connectivity index is 2.44. The zero-order chi connectivity index (χ0) is 14.4. The Hall–Kier alpha value is -1.76. The minimum Gasteiger partial charge on any atom is -0.303 e. The molecule has 1 aliphatic heterocycles. The fraction of sp³-hybridized carbons (Fsp3) is 0.333. The normalized spacial score (nSPS) is 15.0. The Morgan fingerprint density at radius 2 is 1.89 bits per heavy atom. The summed E-state index contributed by atoms with van der Waals surface area (Å²) in [5, 5.41) is 0. The van der Waals surface area contributed by atoms with Crippen LogP contribution in [0.1, 0.15) is 15.9 Å². The number of ketones is 1. The molecule has 0 aliphatic carbocycles. The molecule has 0 unspecified atom stereocenters. The van der Waals surface area contributed by atoms with Crippen LogP contribution in [0.4, 0.5) is 10.1 Å². The van der Waals surface area contributed by atoms with Gasteiger partial charge in [0, 0.05) is 12.8 Å². The summed E-state index contributed by atoms with van der Waals surface area (Å²) >= 11 is 0. The molecule has 1 heterocycles. The molecule has 0 saturated heterocycles. The van der Waals surface area contributed by atoms with Crippen LogP contribution < -0.4 is 4.90 Å². The average molecular weight is 285 g/mol. The molecular formula is C12H12FNO4S. The van der Waals surface area contributed by atoms with E-state index in [9.17, 15) is 22.4 Å². The maximum Gasteiger partial charge on any atom is 0.299 e. The van der Waals surface area contributed by atoms with Gasteiger partial charge >= 0.3 is 0 Å². The molecule has 0 spiro atoms. The van der Waals surface area contributed by atoms with Crippen LogP contribution in [-0.4, -0.2) is 38.7 Å². The van der Waals surface area contributed by atoms with Gasteiger partial charge in [-0.2, -0.15) is 0 Å². The van der Waals surface area contributed by atoms with E-state index in [0.29, 0.717) is 11.3 Å². The summed E-state index contributed by atoms with van der Waals surface area (Å²) in [6.45, 7) is 1.46. The lowest BCUT2D eigenvalue weighted by atomic mass is 10.1. The van der Waals surface area contributed by atoms with Crippen LogP contribution in [0.15, 0.2) is 12.1 Å². The standard InChI is InChI=1S/C12H12FNO4S/c1-7-5-8(13)6-9-10(7)14(12(16)11(9)15)3-4-19(2,17)18/h5-6H,3-4H2,1-2H3. The van der Waals surface area contributed by atoms with Gasteiger partial charge in [-0.25, -0.2) is 12.8 Å². The van der Waals surface area contributed by atoms with Gasteiger partial charge in [0.25, 0.3) is 11.7 Å². The highest BCUT2D eigenvalue weighted by Crippen LogP contribution is 2.32. The van der Waals surface area contributed by atoms with Crippen molar-refractivity contribution >= 4 is 27.2 Å². The number of carbonyl (C=O) groups is 2. The molecule has 1 aromatic carbocycles. The predicted molar refractivity (Wildman–Crippen MR) is 67.5 cm³/mol. The topological polar surface area (TPSA) is 71.5 Å². The number of halogens is 1. The molecule has 1 amide bonds. The first-order valence-electron chi connectivity index (χ1n) is 5.55. The van der Waals surface area contributed by atoms with Crippen LogP contribution in [0.25, 0.3) is 0 Å². The van der Waals surface area contributed by atoms with Gasteiger partial charge in [-0.1, -0.05) is 0 Å². The summed E-state index contributed by atoms with van der Waals surface area (Å²) in [7, 11) is -3.26. The molecule has 0 atom stereocenters. The van der Waals surface area contributed by atoms with Crippen molar-refractivity contribution in [1.82, 2.24) is 0 Å². The number of rotatable bonds is 3. The summed E-state index contributed by atoms with van der Waals surface area (Å²) in [4.78, 5) is 24.6. The highest BCUT2D eigenvalue weighted by Gasteiger charge is 2.37. The number of hydrogen-bond acceptors (Lipinski definition) is 4. The van der Waals surface area contributed by atoms with Crippen LogP contribution in [0.3, 0.4) is 0 Å². The lowest BCUT2D eigenvalue weighted by molar-refractivity contribution is -0.114. The summed E-state index contributed by atoms with van der Waals surface area (Å²) in [5.74, 6) is -2.46. The van der Waals surface area contributed by atoms with E-state index in [2.05, 4.69) is 0 Å². The largest absolute Gasteiger partial charge is 0.303 e. The van der Waals surface area contributed by atoms with E-state index in [1.165, 1.54) is 6.07 Å². The van der Waals surface area contributed by atoms with Crippen molar-refractivity contribution in [2.24, 2.45) is 0 Å². The minimum absolute atomic E-state index is 0.00370. The number of fused-ring (bicyclic) bond motifs is 1. The SMILES string of the molecule is Cc1cc(F)cc2c1N(CCS(C)(=O)=O)C(=O)C2=O. The fourth-order valence-corrected chi connectivity index (χ4v) is 2.59.